The van der Waals surface area contributed by atoms with Gasteiger partial charge < -0.3 is 0 Å². The molecule has 0 aliphatic carbocycles. The molecular weight excluding hydrogens is 339 g/mol. The summed E-state index contributed by atoms with van der Waals surface area (Å²) in [5, 5.41) is 10.6. The molecule has 0 N–H and O–H groups in total. The van der Waals surface area contributed by atoms with E-state index in [0.29, 0.717) is 10.2 Å². The van der Waals surface area contributed by atoms with Crippen LogP contribution >= 0.6 is 15.9 Å². The first kappa shape index (κ1) is 15.1. The van der Waals surface area contributed by atoms with Crippen LogP contribution in [0.15, 0.2) is 58.0 Å². The van der Waals surface area contributed by atoms with E-state index in [9.17, 15) is 14.5 Å². The van der Waals surface area contributed by atoms with Crippen molar-refractivity contribution in [3.63, 3.8) is 0 Å². The molecular formula is C15H10BrFN2O2. The third-order valence-electron chi connectivity index (χ3n) is 2.57. The van der Waals surface area contributed by atoms with Crippen molar-refractivity contribution in [2.24, 2.45) is 4.99 Å². The van der Waals surface area contributed by atoms with Crippen LogP contribution in [-0.4, -0.2) is 11.1 Å². The lowest BCUT2D eigenvalue weighted by Gasteiger charge is -1.96. The second-order valence-electron chi connectivity index (χ2n) is 4.09. The van der Waals surface area contributed by atoms with Gasteiger partial charge in [0.2, 0.25) is 5.82 Å². The number of nitrogens with zero attached hydrogens (tertiary/aromatic N) is 2. The number of hydrogen-bond acceptors (Lipinski definition) is 3. The Kier molecular flexibility index (Phi) is 4.94. The van der Waals surface area contributed by atoms with Crippen molar-refractivity contribution >= 4 is 39.6 Å². The average molecular weight is 349 g/mol. The van der Waals surface area contributed by atoms with Crippen LogP contribution in [0.25, 0.3) is 6.08 Å². The minimum absolute atomic E-state index is 0.307. The van der Waals surface area contributed by atoms with Crippen molar-refractivity contribution < 1.29 is 9.31 Å². The normalized spacial score (nSPS) is 11.8. The number of halogens is 2. The molecule has 0 saturated carbocycles. The monoisotopic (exact) mass is 348 g/mol. The van der Waals surface area contributed by atoms with E-state index >= 15 is 0 Å². The predicted octanol–water partition coefficient (Wildman–Crippen LogP) is 4.87. The molecule has 0 amide bonds. The predicted molar refractivity (Wildman–Crippen MR) is 84.6 cm³/mol. The summed E-state index contributed by atoms with van der Waals surface area (Å²) in [5.41, 5.74) is 0.704. The van der Waals surface area contributed by atoms with Gasteiger partial charge >= 0.3 is 5.69 Å². The highest BCUT2D eigenvalue weighted by Gasteiger charge is 2.13. The molecule has 0 aromatic heterocycles. The molecule has 0 radical (unpaired) electrons. The molecule has 0 atom stereocenters. The lowest BCUT2D eigenvalue weighted by molar-refractivity contribution is -0.387. The summed E-state index contributed by atoms with van der Waals surface area (Å²) in [6.45, 7) is 0. The van der Waals surface area contributed by atoms with Gasteiger partial charge in [-0.3, -0.25) is 15.1 Å². The quantitative estimate of drug-likeness (QED) is 0.449. The fourth-order valence-electron chi connectivity index (χ4n) is 1.60. The van der Waals surface area contributed by atoms with Gasteiger partial charge in [0, 0.05) is 16.8 Å². The van der Waals surface area contributed by atoms with Gasteiger partial charge in [0.1, 0.15) is 0 Å². The van der Waals surface area contributed by atoms with Crippen LogP contribution in [0.3, 0.4) is 0 Å². The molecule has 2 rings (SSSR count). The van der Waals surface area contributed by atoms with Crippen LogP contribution < -0.4 is 0 Å². The van der Waals surface area contributed by atoms with Gasteiger partial charge in [0.15, 0.2) is 0 Å². The first-order valence-electron chi connectivity index (χ1n) is 5.96. The summed E-state index contributed by atoms with van der Waals surface area (Å²) in [4.78, 5) is 13.9. The number of allylic oxidation sites excluding steroid dienone is 1. The molecule has 2 aromatic rings. The molecule has 0 aliphatic rings. The first-order valence-corrected chi connectivity index (χ1v) is 6.76. The van der Waals surface area contributed by atoms with Gasteiger partial charge in [0.25, 0.3) is 0 Å². The van der Waals surface area contributed by atoms with Gasteiger partial charge in [-0.05, 0) is 39.7 Å². The Hall–Kier alpha value is -2.34. The summed E-state index contributed by atoms with van der Waals surface area (Å²) < 4.78 is 13.9. The molecule has 0 fully saturated rings. The Morgan fingerprint density at radius 2 is 1.95 bits per heavy atom. The molecule has 0 unspecified atom stereocenters. The van der Waals surface area contributed by atoms with E-state index in [1.165, 1.54) is 12.3 Å². The van der Waals surface area contributed by atoms with Crippen molar-refractivity contribution in [2.75, 3.05) is 0 Å². The smallest absolute Gasteiger partial charge is 0.258 e. The Labute approximate surface area is 128 Å². The number of nitro benzene ring substituents is 1. The van der Waals surface area contributed by atoms with E-state index in [-0.39, 0.29) is 0 Å². The second kappa shape index (κ2) is 6.90. The second-order valence-corrected chi connectivity index (χ2v) is 5.01. The van der Waals surface area contributed by atoms with Gasteiger partial charge in [-0.2, -0.15) is 4.39 Å². The number of nitro groups is 1. The summed E-state index contributed by atoms with van der Waals surface area (Å²) in [7, 11) is 0. The summed E-state index contributed by atoms with van der Waals surface area (Å²) in [6.07, 6.45) is 3.35. The van der Waals surface area contributed by atoms with Crippen molar-refractivity contribution in [1.82, 2.24) is 0 Å². The van der Waals surface area contributed by atoms with Crippen molar-refractivity contribution in [3.05, 3.63) is 74.5 Å². The molecule has 6 heteroatoms. The zero-order chi connectivity index (χ0) is 15.2. The Morgan fingerprint density at radius 3 is 2.62 bits per heavy atom. The van der Waals surface area contributed by atoms with Gasteiger partial charge in [-0.25, -0.2) is 0 Å². The minimum Gasteiger partial charge on any atom is -0.258 e. The third kappa shape index (κ3) is 4.32. The molecule has 0 saturated heterocycles. The maximum atomic E-state index is 13.2. The number of hydrogen-bond donors (Lipinski definition) is 0. The number of benzene rings is 2. The van der Waals surface area contributed by atoms with Gasteiger partial charge in [0.05, 0.1) is 10.6 Å². The van der Waals surface area contributed by atoms with E-state index in [2.05, 4.69) is 20.9 Å². The minimum atomic E-state index is -0.877. The molecule has 0 bridgehead atoms. The number of rotatable bonds is 4. The molecule has 21 heavy (non-hydrogen) atoms. The van der Waals surface area contributed by atoms with E-state index in [4.69, 9.17) is 0 Å². The average Bonchev–Trinajstić information content (AvgIpc) is 2.47. The van der Waals surface area contributed by atoms with Crippen LogP contribution in [0.2, 0.25) is 0 Å². The summed E-state index contributed by atoms with van der Waals surface area (Å²) in [6, 6.07) is 13.1. The van der Waals surface area contributed by atoms with E-state index in [0.717, 1.165) is 17.7 Å². The summed E-state index contributed by atoms with van der Waals surface area (Å²) in [5.74, 6) is -0.877. The van der Waals surface area contributed by atoms with E-state index < -0.39 is 16.4 Å². The van der Waals surface area contributed by atoms with Crippen LogP contribution in [0.4, 0.5) is 15.8 Å². The van der Waals surface area contributed by atoms with Crippen LogP contribution in [0.5, 0.6) is 0 Å². The maximum absolute atomic E-state index is 13.2. The maximum Gasteiger partial charge on any atom is 0.306 e. The number of aliphatic imine (C=N–C) groups is 1. The van der Waals surface area contributed by atoms with Crippen molar-refractivity contribution in [1.29, 1.82) is 0 Å². The highest BCUT2D eigenvalue weighted by Crippen LogP contribution is 2.23. The lowest BCUT2D eigenvalue weighted by Crippen LogP contribution is -1.91. The van der Waals surface area contributed by atoms with E-state index in [1.807, 2.05) is 36.4 Å². The summed E-state index contributed by atoms with van der Waals surface area (Å²) >= 11 is 3.34. The Balaban J connectivity index is 2.20. The van der Waals surface area contributed by atoms with E-state index in [1.54, 1.807) is 0 Å². The van der Waals surface area contributed by atoms with Gasteiger partial charge in [-0.1, -0.05) is 30.3 Å². The van der Waals surface area contributed by atoms with Crippen LogP contribution in [0.1, 0.15) is 5.56 Å². The van der Waals surface area contributed by atoms with Gasteiger partial charge in [-0.15, -0.1) is 0 Å². The van der Waals surface area contributed by atoms with Crippen LogP contribution in [0, 0.1) is 15.9 Å². The fraction of sp³-hybridized carbons (Fsp3) is 0. The molecule has 2 aromatic carbocycles. The first-order chi connectivity index (χ1) is 10.1. The third-order valence-corrected chi connectivity index (χ3v) is 3.00. The Morgan fingerprint density at radius 1 is 1.24 bits per heavy atom. The lowest BCUT2D eigenvalue weighted by atomic mass is 10.2. The molecule has 106 valence electrons. The fourth-order valence-corrected chi connectivity index (χ4v) is 1.97. The standard InChI is InChI=1S/C15H10BrFN2O2/c16-12(8-11-4-2-1-3-5-11)10-18-13-6-7-14(17)15(9-13)19(20)21/h1-10H. The van der Waals surface area contributed by atoms with Crippen molar-refractivity contribution in [3.8, 4) is 0 Å². The Bertz CT molecular complexity index is 715. The molecule has 0 spiro atoms. The zero-order valence-corrected chi connectivity index (χ0v) is 12.3. The molecule has 0 heterocycles. The van der Waals surface area contributed by atoms with Crippen LogP contribution in [-0.2, 0) is 0 Å². The highest BCUT2D eigenvalue weighted by atomic mass is 79.9. The molecule has 0 aliphatic heterocycles. The topological polar surface area (TPSA) is 55.5 Å². The zero-order valence-electron chi connectivity index (χ0n) is 10.7. The van der Waals surface area contributed by atoms with Crippen molar-refractivity contribution in [2.45, 2.75) is 0 Å². The highest BCUT2D eigenvalue weighted by molar-refractivity contribution is 9.12. The SMILES string of the molecule is O=[N+]([O-])c1cc(N=CC(Br)=Cc2ccccc2)ccc1F. The largest absolute Gasteiger partial charge is 0.306 e. The molecule has 4 nitrogen and oxygen atoms in total.